The minimum atomic E-state index is -1.08. The third-order valence-electron chi connectivity index (χ3n) is 3.49. The smallest absolute Gasteiger partial charge is 0.337 e. The molecule has 0 spiro atoms. The molecule has 20 heavy (non-hydrogen) atoms. The average Bonchev–Trinajstić information content (AvgIpc) is 2.73. The van der Waals surface area contributed by atoms with Crippen LogP contribution in [-0.2, 0) is 29.2 Å². The molecule has 1 aromatic rings. The molecule has 5 nitrogen and oxygen atoms in total. The van der Waals surface area contributed by atoms with E-state index in [0.717, 1.165) is 30.3 Å². The van der Waals surface area contributed by atoms with Crippen molar-refractivity contribution in [2.45, 2.75) is 45.4 Å². The van der Waals surface area contributed by atoms with E-state index in [1.807, 2.05) is 4.57 Å². The van der Waals surface area contributed by atoms with Gasteiger partial charge in [-0.15, -0.1) is 0 Å². The van der Waals surface area contributed by atoms with Gasteiger partial charge < -0.3 is 19.1 Å². The lowest BCUT2D eigenvalue weighted by Crippen LogP contribution is -2.22. The summed E-state index contributed by atoms with van der Waals surface area (Å²) in [6, 6.07) is 1.12. The minimum absolute atomic E-state index is 0.341. The van der Waals surface area contributed by atoms with E-state index in [0.29, 0.717) is 25.5 Å². The minimum Gasteiger partial charge on any atom is -0.478 e. The molecule has 0 aromatic carbocycles. The van der Waals surface area contributed by atoms with Crippen molar-refractivity contribution in [3.05, 3.63) is 23.0 Å². The normalized spacial score (nSPS) is 15.2. The summed E-state index contributed by atoms with van der Waals surface area (Å²) < 4.78 is 13.0. The molecule has 1 N–H and O–H groups in total. The molecular weight excluding hydrogens is 274 g/mol. The predicted molar refractivity (Wildman–Crippen MR) is 78.9 cm³/mol. The molecule has 0 atom stereocenters. The molecule has 0 amide bonds. The number of rotatable bonds is 6. The molecule has 0 saturated heterocycles. The number of hydrogen-bond donors (Lipinski definition) is 1. The van der Waals surface area contributed by atoms with Crippen LogP contribution in [0.1, 0.15) is 21.6 Å². The largest absolute Gasteiger partial charge is 0.478 e. The molecule has 1 aliphatic heterocycles. The van der Waals surface area contributed by atoms with Gasteiger partial charge in [0.15, 0.2) is 0 Å². The van der Waals surface area contributed by atoms with Crippen molar-refractivity contribution < 1.29 is 19.4 Å². The first-order valence-electron chi connectivity index (χ1n) is 6.98. The number of carboxylic acids is 1. The van der Waals surface area contributed by atoms with Gasteiger partial charge in [0.1, 0.15) is 6.73 Å². The zero-order chi connectivity index (χ0) is 14.8. The van der Waals surface area contributed by atoms with Crippen molar-refractivity contribution in [2.24, 2.45) is 0 Å². The summed E-state index contributed by atoms with van der Waals surface area (Å²) in [4.78, 5) is 11.2. The summed E-state index contributed by atoms with van der Waals surface area (Å²) in [6.45, 7) is 9.14. The Balaban J connectivity index is 2.03. The highest BCUT2D eigenvalue weighted by molar-refractivity contribution is 6.76. The number of aromatic carboxylic acids is 1. The molecule has 0 radical (unpaired) electrons. The molecule has 1 aliphatic rings. The molecule has 2 heterocycles. The molecule has 6 heteroatoms. The summed E-state index contributed by atoms with van der Waals surface area (Å²) in [7, 11) is -1.08. The van der Waals surface area contributed by atoms with Crippen molar-refractivity contribution in [3.8, 4) is 0 Å². The van der Waals surface area contributed by atoms with Gasteiger partial charge in [0, 0.05) is 38.6 Å². The highest BCUT2D eigenvalue weighted by atomic mass is 28.3. The number of hydrogen-bond acceptors (Lipinski definition) is 3. The number of aromatic nitrogens is 1. The van der Waals surface area contributed by atoms with Crippen LogP contribution >= 0.6 is 0 Å². The Bertz CT molecular complexity index is 490. The first kappa shape index (κ1) is 15.3. The molecular formula is C14H23NO4Si. The molecule has 0 aliphatic carbocycles. The Morgan fingerprint density at radius 2 is 2.25 bits per heavy atom. The summed E-state index contributed by atoms with van der Waals surface area (Å²) in [5.74, 6) is -0.896. The van der Waals surface area contributed by atoms with Crippen LogP contribution in [0.3, 0.4) is 0 Å². The quantitative estimate of drug-likeness (QED) is 0.647. The molecule has 0 fully saturated rings. The van der Waals surface area contributed by atoms with Crippen LogP contribution in [0.25, 0.3) is 0 Å². The second-order valence-corrected chi connectivity index (χ2v) is 12.0. The monoisotopic (exact) mass is 297 g/mol. The first-order valence-corrected chi connectivity index (χ1v) is 10.7. The van der Waals surface area contributed by atoms with Gasteiger partial charge in [0.05, 0.1) is 18.8 Å². The van der Waals surface area contributed by atoms with Gasteiger partial charge in [-0.2, -0.15) is 0 Å². The maximum Gasteiger partial charge on any atom is 0.337 e. The SMILES string of the molecule is C[Si](C)(C)CCOCn1cc(C(=O)O)c2c1CCOC2. The van der Waals surface area contributed by atoms with Crippen LogP contribution in [0.2, 0.25) is 25.7 Å². The van der Waals surface area contributed by atoms with E-state index < -0.39 is 14.0 Å². The number of carboxylic acid groups (broad SMARTS) is 1. The van der Waals surface area contributed by atoms with Crippen molar-refractivity contribution >= 4 is 14.0 Å². The lowest BCUT2D eigenvalue weighted by Gasteiger charge is -2.18. The highest BCUT2D eigenvalue weighted by Gasteiger charge is 2.23. The maximum atomic E-state index is 11.2. The Morgan fingerprint density at radius 1 is 1.50 bits per heavy atom. The zero-order valence-corrected chi connectivity index (χ0v) is 13.4. The summed E-state index contributed by atoms with van der Waals surface area (Å²) in [6.07, 6.45) is 2.43. The summed E-state index contributed by atoms with van der Waals surface area (Å²) in [5, 5.41) is 9.23. The Hall–Kier alpha value is -1.11. The van der Waals surface area contributed by atoms with Crippen LogP contribution in [0.4, 0.5) is 0 Å². The number of nitrogens with zero attached hydrogens (tertiary/aromatic N) is 1. The highest BCUT2D eigenvalue weighted by Crippen LogP contribution is 2.23. The van der Waals surface area contributed by atoms with Gasteiger partial charge in [-0.05, 0) is 6.04 Å². The standard InChI is InChI=1S/C14H23NO4Si/c1-20(2,3)7-6-19-10-15-8-11(14(16)17)12-9-18-5-4-13(12)15/h8H,4-7,9-10H2,1-3H3,(H,16,17). The number of ether oxygens (including phenoxy) is 2. The van der Waals surface area contributed by atoms with E-state index in [1.54, 1.807) is 6.20 Å². The predicted octanol–water partition coefficient (Wildman–Crippen LogP) is 2.57. The molecule has 2 rings (SSSR count). The van der Waals surface area contributed by atoms with E-state index >= 15 is 0 Å². The van der Waals surface area contributed by atoms with E-state index in [-0.39, 0.29) is 0 Å². The van der Waals surface area contributed by atoms with Gasteiger partial charge in [-0.3, -0.25) is 0 Å². The van der Waals surface area contributed by atoms with Gasteiger partial charge >= 0.3 is 5.97 Å². The van der Waals surface area contributed by atoms with E-state index in [9.17, 15) is 9.90 Å². The molecule has 0 unspecified atom stereocenters. The van der Waals surface area contributed by atoms with E-state index in [1.165, 1.54) is 0 Å². The van der Waals surface area contributed by atoms with Gasteiger partial charge in [0.2, 0.25) is 0 Å². The van der Waals surface area contributed by atoms with Gasteiger partial charge in [-0.25, -0.2) is 4.79 Å². The lowest BCUT2D eigenvalue weighted by atomic mass is 10.1. The third-order valence-corrected chi connectivity index (χ3v) is 5.20. The Morgan fingerprint density at radius 3 is 2.90 bits per heavy atom. The van der Waals surface area contributed by atoms with Crippen molar-refractivity contribution in [1.82, 2.24) is 4.57 Å². The molecule has 0 saturated carbocycles. The molecule has 1 aromatic heterocycles. The van der Waals surface area contributed by atoms with Crippen molar-refractivity contribution in [1.29, 1.82) is 0 Å². The van der Waals surface area contributed by atoms with Crippen LogP contribution in [-0.4, -0.2) is 36.9 Å². The van der Waals surface area contributed by atoms with E-state index in [4.69, 9.17) is 9.47 Å². The van der Waals surface area contributed by atoms with Crippen LogP contribution in [0, 0.1) is 0 Å². The van der Waals surface area contributed by atoms with Crippen LogP contribution < -0.4 is 0 Å². The van der Waals surface area contributed by atoms with Crippen molar-refractivity contribution in [2.75, 3.05) is 13.2 Å². The Labute approximate surface area is 120 Å². The average molecular weight is 297 g/mol. The first-order chi connectivity index (χ1) is 9.38. The second kappa shape index (κ2) is 6.11. The van der Waals surface area contributed by atoms with Crippen molar-refractivity contribution in [3.63, 3.8) is 0 Å². The van der Waals surface area contributed by atoms with Gasteiger partial charge in [-0.1, -0.05) is 19.6 Å². The second-order valence-electron chi connectivity index (χ2n) is 6.39. The Kier molecular flexibility index (Phi) is 4.67. The van der Waals surface area contributed by atoms with Gasteiger partial charge in [0.25, 0.3) is 0 Å². The summed E-state index contributed by atoms with van der Waals surface area (Å²) >= 11 is 0. The summed E-state index contributed by atoms with van der Waals surface area (Å²) in [5.41, 5.74) is 2.19. The third kappa shape index (κ3) is 3.71. The topological polar surface area (TPSA) is 60.7 Å². The van der Waals surface area contributed by atoms with E-state index in [2.05, 4.69) is 19.6 Å². The fourth-order valence-electron chi connectivity index (χ4n) is 2.28. The lowest BCUT2D eigenvalue weighted by molar-refractivity contribution is 0.0683. The van der Waals surface area contributed by atoms with Crippen LogP contribution in [0.15, 0.2) is 6.20 Å². The molecule has 0 bridgehead atoms. The fraction of sp³-hybridized carbons (Fsp3) is 0.643. The molecule has 112 valence electrons. The van der Waals surface area contributed by atoms with Crippen LogP contribution in [0.5, 0.6) is 0 Å². The number of carbonyl (C=O) groups is 1. The maximum absolute atomic E-state index is 11.2. The fourth-order valence-corrected chi connectivity index (χ4v) is 3.04. The number of fused-ring (bicyclic) bond motifs is 1. The zero-order valence-electron chi connectivity index (χ0n) is 12.4.